The average molecular weight is 329 g/mol. The van der Waals surface area contributed by atoms with E-state index in [1.54, 1.807) is 6.07 Å². The van der Waals surface area contributed by atoms with Crippen LogP contribution in [0.3, 0.4) is 0 Å². The van der Waals surface area contributed by atoms with Crippen molar-refractivity contribution < 1.29 is 9.59 Å². The molecule has 2 rings (SSSR count). The first-order chi connectivity index (χ1) is 9.36. The number of carbonyl (C=O) groups excluding carboxylic acids is 2. The molecule has 0 radical (unpaired) electrons. The van der Waals surface area contributed by atoms with E-state index < -0.39 is 11.8 Å². The first-order valence-corrected chi connectivity index (χ1v) is 7.11. The van der Waals surface area contributed by atoms with Crippen LogP contribution in [-0.4, -0.2) is 11.8 Å². The molecule has 1 aromatic carbocycles. The maximum Gasteiger partial charge on any atom is 0.256 e. The van der Waals surface area contributed by atoms with E-state index in [1.165, 1.54) is 29.5 Å². The number of thiophene rings is 1. The molecule has 0 saturated carbocycles. The third kappa shape index (κ3) is 3.30. The molecular formula is C13H10Cl2N2O2S. The first-order valence-electron chi connectivity index (χ1n) is 5.54. The molecule has 0 bridgehead atoms. The fourth-order valence-electron chi connectivity index (χ4n) is 1.65. The van der Waals surface area contributed by atoms with Crippen LogP contribution in [0, 0.1) is 6.92 Å². The Morgan fingerprint density at radius 3 is 2.30 bits per heavy atom. The Balaban J connectivity index is 2.30. The lowest BCUT2D eigenvalue weighted by atomic mass is 10.2. The zero-order chi connectivity index (χ0) is 14.9. The summed E-state index contributed by atoms with van der Waals surface area (Å²) in [7, 11) is 0. The summed E-state index contributed by atoms with van der Waals surface area (Å²) in [5.74, 6) is -0.993. The van der Waals surface area contributed by atoms with Crippen molar-refractivity contribution in [3.8, 4) is 0 Å². The number of hydrogen-bond acceptors (Lipinski definition) is 3. The lowest BCUT2D eigenvalue weighted by Gasteiger charge is -2.05. The third-order valence-electron chi connectivity index (χ3n) is 2.47. The Labute approximate surface area is 129 Å². The molecule has 2 aromatic rings. The molecule has 104 valence electrons. The van der Waals surface area contributed by atoms with Gasteiger partial charge in [0.25, 0.3) is 11.8 Å². The monoisotopic (exact) mass is 328 g/mol. The minimum Gasteiger partial charge on any atom is -0.366 e. The minimum absolute atomic E-state index is 0.286. The van der Waals surface area contributed by atoms with Gasteiger partial charge in [-0.25, -0.2) is 0 Å². The van der Waals surface area contributed by atoms with Gasteiger partial charge in [-0.05, 0) is 31.2 Å². The molecule has 7 heteroatoms. The summed E-state index contributed by atoms with van der Waals surface area (Å²) in [6, 6.07) is 6.15. The fraction of sp³-hybridized carbons (Fsp3) is 0.0769. The predicted octanol–water partition coefficient (Wildman–Crippen LogP) is 3.71. The topological polar surface area (TPSA) is 72.2 Å². The maximum absolute atomic E-state index is 12.1. The number of nitrogens with two attached hydrogens (primary N) is 1. The fourth-order valence-corrected chi connectivity index (χ4v) is 3.09. The molecule has 0 spiro atoms. The highest BCUT2D eigenvalue weighted by molar-refractivity contribution is 7.16. The van der Waals surface area contributed by atoms with E-state index in [0.29, 0.717) is 20.6 Å². The SMILES string of the molecule is Cc1cc(C(N)=O)c(NC(=O)c2cc(Cl)cc(Cl)c2)s1. The van der Waals surface area contributed by atoms with Gasteiger partial charge in [-0.1, -0.05) is 23.2 Å². The standard InChI is InChI=1S/C13H10Cl2N2O2S/c1-6-2-10(11(16)18)13(20-6)17-12(19)7-3-8(14)5-9(15)4-7/h2-5H,1H3,(H2,16,18)(H,17,19). The minimum atomic E-state index is -0.589. The number of primary amides is 1. The van der Waals surface area contributed by atoms with E-state index in [4.69, 9.17) is 28.9 Å². The van der Waals surface area contributed by atoms with Crippen LogP contribution in [0.25, 0.3) is 0 Å². The molecule has 0 atom stereocenters. The largest absolute Gasteiger partial charge is 0.366 e. The van der Waals surface area contributed by atoms with Crippen molar-refractivity contribution in [2.24, 2.45) is 5.73 Å². The van der Waals surface area contributed by atoms with E-state index in [0.717, 1.165) is 4.88 Å². The Morgan fingerprint density at radius 1 is 1.15 bits per heavy atom. The number of aryl methyl sites for hydroxylation is 1. The van der Waals surface area contributed by atoms with Gasteiger partial charge < -0.3 is 11.1 Å². The van der Waals surface area contributed by atoms with Crippen molar-refractivity contribution in [2.75, 3.05) is 5.32 Å². The number of halogens is 2. The Morgan fingerprint density at radius 2 is 1.75 bits per heavy atom. The summed E-state index contributed by atoms with van der Waals surface area (Å²) in [6.07, 6.45) is 0. The van der Waals surface area contributed by atoms with Gasteiger partial charge in [-0.15, -0.1) is 11.3 Å². The van der Waals surface area contributed by atoms with Gasteiger partial charge in [-0.2, -0.15) is 0 Å². The summed E-state index contributed by atoms with van der Waals surface area (Å²) in [6.45, 7) is 1.82. The summed E-state index contributed by atoms with van der Waals surface area (Å²) >= 11 is 13.0. The van der Waals surface area contributed by atoms with E-state index in [-0.39, 0.29) is 5.56 Å². The molecule has 0 aliphatic heterocycles. The highest BCUT2D eigenvalue weighted by Gasteiger charge is 2.16. The molecule has 4 nitrogen and oxygen atoms in total. The number of hydrogen-bond donors (Lipinski definition) is 2. The van der Waals surface area contributed by atoms with Crippen LogP contribution in [0.15, 0.2) is 24.3 Å². The molecule has 3 N–H and O–H groups in total. The molecule has 0 aliphatic rings. The van der Waals surface area contributed by atoms with Crippen molar-refractivity contribution in [1.82, 2.24) is 0 Å². The van der Waals surface area contributed by atoms with E-state index >= 15 is 0 Å². The zero-order valence-corrected chi connectivity index (χ0v) is 12.7. The van der Waals surface area contributed by atoms with Crippen molar-refractivity contribution in [3.63, 3.8) is 0 Å². The lowest BCUT2D eigenvalue weighted by Crippen LogP contribution is -2.16. The van der Waals surface area contributed by atoms with Crippen LogP contribution in [0.5, 0.6) is 0 Å². The number of nitrogens with one attached hydrogen (secondary N) is 1. The van der Waals surface area contributed by atoms with Gasteiger partial charge in [0, 0.05) is 20.5 Å². The quantitative estimate of drug-likeness (QED) is 0.901. The molecular weight excluding hydrogens is 319 g/mol. The number of benzene rings is 1. The van der Waals surface area contributed by atoms with Crippen molar-refractivity contribution >= 4 is 51.4 Å². The average Bonchev–Trinajstić information content (AvgIpc) is 2.69. The lowest BCUT2D eigenvalue weighted by molar-refractivity contribution is 0.100. The van der Waals surface area contributed by atoms with E-state index in [9.17, 15) is 9.59 Å². The highest BCUT2D eigenvalue weighted by Crippen LogP contribution is 2.28. The first kappa shape index (κ1) is 14.8. The predicted molar refractivity (Wildman–Crippen MR) is 82.0 cm³/mol. The highest BCUT2D eigenvalue weighted by atomic mass is 35.5. The van der Waals surface area contributed by atoms with Gasteiger partial charge in [0.15, 0.2) is 0 Å². The molecule has 1 aromatic heterocycles. The Bertz CT molecular complexity index is 677. The van der Waals surface area contributed by atoms with E-state index in [2.05, 4.69) is 5.32 Å². The normalized spacial score (nSPS) is 10.3. The molecule has 0 aliphatic carbocycles. The smallest absolute Gasteiger partial charge is 0.256 e. The van der Waals surface area contributed by atoms with Crippen LogP contribution < -0.4 is 11.1 Å². The van der Waals surface area contributed by atoms with Crippen molar-refractivity contribution in [2.45, 2.75) is 6.92 Å². The number of rotatable bonds is 3. The molecule has 0 fully saturated rings. The third-order valence-corrected chi connectivity index (χ3v) is 3.87. The summed E-state index contributed by atoms with van der Waals surface area (Å²) in [4.78, 5) is 24.3. The van der Waals surface area contributed by atoms with Crippen LogP contribution in [0.2, 0.25) is 10.0 Å². The maximum atomic E-state index is 12.1. The molecule has 20 heavy (non-hydrogen) atoms. The van der Waals surface area contributed by atoms with Gasteiger partial charge in [0.1, 0.15) is 5.00 Å². The molecule has 1 heterocycles. The second-order valence-electron chi connectivity index (χ2n) is 4.08. The summed E-state index contributed by atoms with van der Waals surface area (Å²) in [5, 5.41) is 3.78. The Hall–Kier alpha value is -1.56. The van der Waals surface area contributed by atoms with E-state index in [1.807, 2.05) is 6.92 Å². The number of carbonyl (C=O) groups is 2. The van der Waals surface area contributed by atoms with Crippen LogP contribution in [0.4, 0.5) is 5.00 Å². The summed E-state index contributed by atoms with van der Waals surface area (Å²) < 4.78 is 0. The molecule has 0 unspecified atom stereocenters. The van der Waals surface area contributed by atoms with Gasteiger partial charge >= 0.3 is 0 Å². The molecule has 0 saturated heterocycles. The number of anilines is 1. The van der Waals surface area contributed by atoms with Crippen LogP contribution in [-0.2, 0) is 0 Å². The zero-order valence-electron chi connectivity index (χ0n) is 10.4. The van der Waals surface area contributed by atoms with Gasteiger partial charge in [0.05, 0.1) is 5.56 Å². The van der Waals surface area contributed by atoms with Gasteiger partial charge in [-0.3, -0.25) is 9.59 Å². The molecule has 2 amide bonds. The van der Waals surface area contributed by atoms with Crippen molar-refractivity contribution in [3.05, 3.63) is 50.3 Å². The van der Waals surface area contributed by atoms with Gasteiger partial charge in [0.2, 0.25) is 0 Å². The van der Waals surface area contributed by atoms with Crippen molar-refractivity contribution in [1.29, 1.82) is 0 Å². The number of amides is 2. The van der Waals surface area contributed by atoms with Crippen LogP contribution in [0.1, 0.15) is 25.6 Å². The second-order valence-corrected chi connectivity index (χ2v) is 6.21. The second kappa shape index (κ2) is 5.83. The van der Waals surface area contributed by atoms with Crippen LogP contribution >= 0.6 is 34.5 Å². The Kier molecular flexibility index (Phi) is 4.32. The summed E-state index contributed by atoms with van der Waals surface area (Å²) in [5.41, 5.74) is 5.86.